The Morgan fingerprint density at radius 3 is 3.05 bits per heavy atom. The van der Waals surface area contributed by atoms with Gasteiger partial charge in [0.25, 0.3) is 5.91 Å². The largest absolute Gasteiger partial charge is 0.365 e. The van der Waals surface area contributed by atoms with Gasteiger partial charge < -0.3 is 10.6 Å². The molecule has 0 saturated carbocycles. The van der Waals surface area contributed by atoms with Gasteiger partial charge in [-0.2, -0.15) is 11.3 Å². The van der Waals surface area contributed by atoms with E-state index in [4.69, 9.17) is 17.3 Å². The molecule has 0 radical (unpaired) electrons. The molecule has 7 heteroatoms. The first-order valence-electron chi connectivity index (χ1n) is 6.28. The molecule has 1 aliphatic heterocycles. The number of primary amides is 1. The topological polar surface area (TPSA) is 72.1 Å². The van der Waals surface area contributed by atoms with E-state index in [1.54, 1.807) is 11.3 Å². The molecular weight excluding hydrogens is 296 g/mol. The number of carbonyl (C=O) groups excluding carboxylic acids is 1. The minimum absolute atomic E-state index is 0.175. The minimum Gasteiger partial charge on any atom is -0.365 e. The van der Waals surface area contributed by atoms with Gasteiger partial charge in [0.15, 0.2) is 11.0 Å². The third-order valence-electron chi connectivity index (χ3n) is 3.46. The lowest BCUT2D eigenvalue weighted by atomic mass is 10.1. The van der Waals surface area contributed by atoms with Crippen molar-refractivity contribution in [2.24, 2.45) is 5.73 Å². The van der Waals surface area contributed by atoms with Gasteiger partial charge in [-0.1, -0.05) is 11.6 Å². The van der Waals surface area contributed by atoms with Crippen LogP contribution in [-0.2, 0) is 0 Å². The number of nitrogens with zero attached hydrogens (tertiary/aromatic N) is 3. The Bertz CT molecular complexity index is 631. The third kappa shape index (κ3) is 2.36. The fourth-order valence-corrected chi connectivity index (χ4v) is 3.44. The van der Waals surface area contributed by atoms with Crippen molar-refractivity contribution in [3.8, 4) is 0 Å². The Balaban J connectivity index is 2.02. The van der Waals surface area contributed by atoms with Crippen LogP contribution in [0.5, 0.6) is 0 Å². The summed E-state index contributed by atoms with van der Waals surface area (Å²) >= 11 is 7.47. The number of halogens is 1. The van der Waals surface area contributed by atoms with Crippen LogP contribution >= 0.6 is 22.9 Å². The van der Waals surface area contributed by atoms with Gasteiger partial charge in [0, 0.05) is 6.54 Å². The first-order valence-corrected chi connectivity index (χ1v) is 7.60. The predicted molar refractivity (Wildman–Crippen MR) is 79.2 cm³/mol. The Labute approximate surface area is 125 Å². The maximum atomic E-state index is 11.6. The van der Waals surface area contributed by atoms with Crippen LogP contribution in [0.1, 0.15) is 34.8 Å². The van der Waals surface area contributed by atoms with E-state index in [0.29, 0.717) is 11.4 Å². The molecule has 2 N–H and O–H groups in total. The van der Waals surface area contributed by atoms with Gasteiger partial charge in [0.05, 0.1) is 11.6 Å². The van der Waals surface area contributed by atoms with Gasteiger partial charge in [-0.15, -0.1) is 10.2 Å². The number of anilines is 1. The molecular formula is C13H13ClN4OS. The quantitative estimate of drug-likeness (QED) is 0.946. The third-order valence-corrected chi connectivity index (χ3v) is 4.35. The number of nitrogens with two attached hydrogens (primary N) is 1. The first-order chi connectivity index (χ1) is 9.66. The van der Waals surface area contributed by atoms with Crippen LogP contribution in [0.2, 0.25) is 5.15 Å². The number of hydrogen-bond acceptors (Lipinski definition) is 5. The SMILES string of the molecule is NC(=O)c1cc(Cl)nnc1N1CCC[C@@H]1c1ccsc1. The number of aromatic nitrogens is 2. The van der Waals surface area contributed by atoms with E-state index >= 15 is 0 Å². The van der Waals surface area contributed by atoms with Gasteiger partial charge in [-0.25, -0.2) is 0 Å². The molecule has 3 rings (SSSR count). The van der Waals surface area contributed by atoms with Crippen LogP contribution in [0.4, 0.5) is 5.82 Å². The van der Waals surface area contributed by atoms with Crippen molar-refractivity contribution in [1.82, 2.24) is 10.2 Å². The smallest absolute Gasteiger partial charge is 0.252 e. The van der Waals surface area contributed by atoms with Crippen LogP contribution in [0, 0.1) is 0 Å². The van der Waals surface area contributed by atoms with Gasteiger partial charge >= 0.3 is 0 Å². The summed E-state index contributed by atoms with van der Waals surface area (Å²) in [5.74, 6) is -0.0108. The van der Waals surface area contributed by atoms with E-state index in [2.05, 4.69) is 26.5 Å². The molecule has 2 aromatic rings. The molecule has 5 nitrogen and oxygen atoms in total. The van der Waals surface area contributed by atoms with Gasteiger partial charge in [-0.05, 0) is 41.3 Å². The standard InChI is InChI=1S/C13H13ClN4OS/c14-11-6-9(12(15)19)13(17-16-11)18-4-1-2-10(18)8-3-5-20-7-8/h3,5-7,10H,1-2,4H2,(H2,15,19)/t10-/m1/s1. The van der Waals surface area contributed by atoms with Crippen molar-refractivity contribution in [3.05, 3.63) is 39.2 Å². The Hall–Kier alpha value is -1.66. The molecule has 104 valence electrons. The molecule has 2 aromatic heterocycles. The molecule has 0 aromatic carbocycles. The van der Waals surface area contributed by atoms with Crippen molar-refractivity contribution in [2.75, 3.05) is 11.4 Å². The molecule has 0 aliphatic carbocycles. The minimum atomic E-state index is -0.534. The molecule has 20 heavy (non-hydrogen) atoms. The van der Waals surface area contributed by atoms with Gasteiger partial charge in [-0.3, -0.25) is 4.79 Å². The Morgan fingerprint density at radius 1 is 1.50 bits per heavy atom. The van der Waals surface area contributed by atoms with Crippen LogP contribution in [0.25, 0.3) is 0 Å². The van der Waals surface area contributed by atoms with Crippen molar-refractivity contribution in [2.45, 2.75) is 18.9 Å². The summed E-state index contributed by atoms with van der Waals surface area (Å²) in [5, 5.41) is 12.3. The second-order valence-corrected chi connectivity index (χ2v) is 5.84. The molecule has 3 heterocycles. The average Bonchev–Trinajstić information content (AvgIpc) is 3.09. The van der Waals surface area contributed by atoms with Gasteiger partial charge in [0.1, 0.15) is 0 Å². The number of carbonyl (C=O) groups is 1. The van der Waals surface area contributed by atoms with E-state index in [9.17, 15) is 4.79 Å². The summed E-state index contributed by atoms with van der Waals surface area (Å²) in [5.41, 5.74) is 6.99. The monoisotopic (exact) mass is 308 g/mol. The highest BCUT2D eigenvalue weighted by atomic mass is 35.5. The van der Waals surface area contributed by atoms with E-state index in [1.807, 2.05) is 5.38 Å². The molecule has 1 fully saturated rings. The number of amides is 1. The molecule has 1 atom stereocenters. The second-order valence-electron chi connectivity index (χ2n) is 4.68. The number of thiophene rings is 1. The normalized spacial score (nSPS) is 18.4. The molecule has 0 bridgehead atoms. The van der Waals surface area contributed by atoms with Crippen LogP contribution in [-0.4, -0.2) is 22.6 Å². The molecule has 1 amide bonds. The molecule has 0 unspecified atom stereocenters. The molecule has 0 spiro atoms. The maximum absolute atomic E-state index is 11.6. The summed E-state index contributed by atoms with van der Waals surface area (Å²) < 4.78 is 0. The van der Waals surface area contributed by atoms with Crippen LogP contribution in [0.3, 0.4) is 0 Å². The number of hydrogen-bond donors (Lipinski definition) is 1. The lowest BCUT2D eigenvalue weighted by Crippen LogP contribution is -2.27. The summed E-state index contributed by atoms with van der Waals surface area (Å²) in [6, 6.07) is 3.80. The maximum Gasteiger partial charge on any atom is 0.252 e. The molecule has 1 saturated heterocycles. The van der Waals surface area contributed by atoms with Crippen molar-refractivity contribution < 1.29 is 4.79 Å². The molecule has 1 aliphatic rings. The fraction of sp³-hybridized carbons (Fsp3) is 0.308. The highest BCUT2D eigenvalue weighted by Gasteiger charge is 2.30. The lowest BCUT2D eigenvalue weighted by Gasteiger charge is -2.26. The predicted octanol–water partition coefficient (Wildman–Crippen LogP) is 2.63. The van der Waals surface area contributed by atoms with Crippen LogP contribution < -0.4 is 10.6 Å². The summed E-state index contributed by atoms with van der Waals surface area (Å²) in [7, 11) is 0. The Morgan fingerprint density at radius 2 is 2.35 bits per heavy atom. The zero-order chi connectivity index (χ0) is 14.1. The van der Waals surface area contributed by atoms with Crippen molar-refractivity contribution >= 4 is 34.7 Å². The average molecular weight is 309 g/mol. The highest BCUT2D eigenvalue weighted by molar-refractivity contribution is 7.08. The second kappa shape index (κ2) is 5.38. The van der Waals surface area contributed by atoms with Crippen molar-refractivity contribution in [1.29, 1.82) is 0 Å². The fourth-order valence-electron chi connectivity index (χ4n) is 2.59. The summed E-state index contributed by atoms with van der Waals surface area (Å²) in [6.07, 6.45) is 2.07. The number of rotatable bonds is 3. The summed E-state index contributed by atoms with van der Waals surface area (Å²) in [4.78, 5) is 13.7. The highest BCUT2D eigenvalue weighted by Crippen LogP contribution is 2.37. The van der Waals surface area contributed by atoms with E-state index in [0.717, 1.165) is 19.4 Å². The zero-order valence-corrected chi connectivity index (χ0v) is 12.2. The zero-order valence-electron chi connectivity index (χ0n) is 10.6. The first kappa shape index (κ1) is 13.3. The van der Waals surface area contributed by atoms with E-state index in [1.165, 1.54) is 11.6 Å². The lowest BCUT2D eigenvalue weighted by molar-refractivity contribution is 0.1000. The van der Waals surface area contributed by atoms with Crippen LogP contribution in [0.15, 0.2) is 22.9 Å². The van der Waals surface area contributed by atoms with Crippen molar-refractivity contribution in [3.63, 3.8) is 0 Å². The van der Waals surface area contributed by atoms with Gasteiger partial charge in [0.2, 0.25) is 0 Å². The Kier molecular flexibility index (Phi) is 3.58. The van der Waals surface area contributed by atoms with E-state index < -0.39 is 5.91 Å². The summed E-state index contributed by atoms with van der Waals surface area (Å²) in [6.45, 7) is 0.830. The van der Waals surface area contributed by atoms with E-state index in [-0.39, 0.29) is 11.2 Å².